The summed E-state index contributed by atoms with van der Waals surface area (Å²) < 4.78 is 11.0. The molecule has 0 radical (unpaired) electrons. The van der Waals surface area contributed by atoms with Gasteiger partial charge in [-0.2, -0.15) is 0 Å². The van der Waals surface area contributed by atoms with Crippen LogP contribution in [-0.4, -0.2) is 19.3 Å². The fraction of sp³-hybridized carbons (Fsp3) is 0.455. The second-order valence-corrected chi connectivity index (χ2v) is 3.67. The molecule has 2 atom stereocenters. The van der Waals surface area contributed by atoms with Gasteiger partial charge in [0, 0.05) is 18.0 Å². The number of hydrogen-bond donors (Lipinski definition) is 1. The van der Waals surface area contributed by atoms with E-state index in [9.17, 15) is 0 Å². The van der Waals surface area contributed by atoms with Crippen LogP contribution in [0.15, 0.2) is 18.2 Å². The number of rotatable bonds is 2. The summed E-state index contributed by atoms with van der Waals surface area (Å²) in [6.45, 7) is 1.96. The maximum absolute atomic E-state index is 5.80. The summed E-state index contributed by atoms with van der Waals surface area (Å²) in [4.78, 5) is 0. The van der Waals surface area contributed by atoms with Gasteiger partial charge in [0.05, 0.1) is 7.11 Å². The molecule has 2 N–H and O–H groups in total. The first kappa shape index (κ1) is 9.34. The Morgan fingerprint density at radius 2 is 2.36 bits per heavy atom. The zero-order valence-electron chi connectivity index (χ0n) is 8.49. The van der Waals surface area contributed by atoms with Crippen molar-refractivity contribution in [1.82, 2.24) is 0 Å². The van der Waals surface area contributed by atoms with E-state index < -0.39 is 0 Å². The Hall–Kier alpha value is -1.22. The van der Waals surface area contributed by atoms with Crippen LogP contribution in [0.25, 0.3) is 0 Å². The van der Waals surface area contributed by atoms with Gasteiger partial charge in [-0.3, -0.25) is 0 Å². The lowest BCUT2D eigenvalue weighted by Gasteiger charge is -2.14. The molecule has 0 saturated carbocycles. The summed E-state index contributed by atoms with van der Waals surface area (Å²) >= 11 is 0. The van der Waals surface area contributed by atoms with Gasteiger partial charge in [0.25, 0.3) is 0 Å². The highest BCUT2D eigenvalue weighted by molar-refractivity contribution is 5.49. The first-order valence-electron chi connectivity index (χ1n) is 4.80. The summed E-state index contributed by atoms with van der Waals surface area (Å²) in [5.41, 5.74) is 6.99. The van der Waals surface area contributed by atoms with Crippen molar-refractivity contribution in [3.8, 4) is 11.5 Å². The minimum absolute atomic E-state index is 0.0482. The molecule has 0 fully saturated rings. The van der Waals surface area contributed by atoms with Crippen LogP contribution in [0.3, 0.4) is 0 Å². The van der Waals surface area contributed by atoms with Crippen LogP contribution in [0.2, 0.25) is 0 Å². The largest absolute Gasteiger partial charge is 0.493 e. The van der Waals surface area contributed by atoms with Gasteiger partial charge in [0.1, 0.15) is 6.10 Å². The molecule has 0 saturated heterocycles. The Morgan fingerprint density at radius 1 is 1.57 bits per heavy atom. The molecular weight excluding hydrogens is 178 g/mol. The average molecular weight is 193 g/mol. The summed E-state index contributed by atoms with van der Waals surface area (Å²) in [5, 5.41) is 0. The monoisotopic (exact) mass is 193 g/mol. The number of methoxy groups -OCH3 is 1. The van der Waals surface area contributed by atoms with Crippen molar-refractivity contribution < 1.29 is 9.47 Å². The number of para-hydroxylation sites is 1. The Bertz CT molecular complexity index is 336. The summed E-state index contributed by atoms with van der Waals surface area (Å²) in [6, 6.07) is 5.99. The van der Waals surface area contributed by atoms with Crippen LogP contribution >= 0.6 is 0 Å². The predicted octanol–water partition coefficient (Wildman–Crippen LogP) is 1.35. The third-order valence-electron chi connectivity index (χ3n) is 2.56. The lowest BCUT2D eigenvalue weighted by molar-refractivity contribution is 0.199. The van der Waals surface area contributed by atoms with Gasteiger partial charge in [-0.25, -0.2) is 0 Å². The number of ether oxygens (including phenoxy) is 2. The van der Waals surface area contributed by atoms with Crippen LogP contribution in [0, 0.1) is 0 Å². The van der Waals surface area contributed by atoms with Crippen LogP contribution < -0.4 is 15.2 Å². The SMILES string of the molecule is COc1cccc2c1OC(C(C)N)C2. The molecule has 0 bridgehead atoms. The normalized spacial score (nSPS) is 21.2. The Morgan fingerprint density at radius 3 is 3.00 bits per heavy atom. The summed E-state index contributed by atoms with van der Waals surface area (Å²) in [7, 11) is 1.65. The van der Waals surface area contributed by atoms with Crippen molar-refractivity contribution in [2.45, 2.75) is 25.5 Å². The standard InChI is InChI=1S/C11H15NO2/c1-7(12)10-6-8-4-3-5-9(13-2)11(8)14-10/h3-5,7,10H,6,12H2,1-2H3. The topological polar surface area (TPSA) is 44.5 Å². The first-order chi connectivity index (χ1) is 6.72. The third-order valence-corrected chi connectivity index (χ3v) is 2.56. The highest BCUT2D eigenvalue weighted by Gasteiger charge is 2.27. The lowest BCUT2D eigenvalue weighted by atomic mass is 10.1. The average Bonchev–Trinajstić information content (AvgIpc) is 2.60. The Balaban J connectivity index is 2.30. The first-order valence-corrected chi connectivity index (χ1v) is 4.80. The minimum atomic E-state index is 0.0482. The Kier molecular flexibility index (Phi) is 2.33. The van der Waals surface area contributed by atoms with E-state index in [0.29, 0.717) is 0 Å². The second-order valence-electron chi connectivity index (χ2n) is 3.67. The van der Waals surface area contributed by atoms with Gasteiger partial charge < -0.3 is 15.2 Å². The van der Waals surface area contributed by atoms with E-state index in [1.807, 2.05) is 19.1 Å². The van der Waals surface area contributed by atoms with Crippen LogP contribution in [-0.2, 0) is 6.42 Å². The highest BCUT2D eigenvalue weighted by atomic mass is 16.5. The van der Waals surface area contributed by atoms with Crippen LogP contribution in [0.4, 0.5) is 0 Å². The Labute approximate surface area is 83.8 Å². The smallest absolute Gasteiger partial charge is 0.164 e. The molecule has 2 rings (SSSR count). The van der Waals surface area contributed by atoms with E-state index in [2.05, 4.69) is 6.07 Å². The van der Waals surface area contributed by atoms with Crippen molar-refractivity contribution in [3.63, 3.8) is 0 Å². The van der Waals surface area contributed by atoms with Crippen LogP contribution in [0.1, 0.15) is 12.5 Å². The molecule has 0 aromatic heterocycles. The minimum Gasteiger partial charge on any atom is -0.493 e. The molecule has 2 unspecified atom stereocenters. The molecule has 1 aromatic rings. The molecule has 14 heavy (non-hydrogen) atoms. The molecule has 0 spiro atoms. The van der Waals surface area contributed by atoms with E-state index in [-0.39, 0.29) is 12.1 Å². The summed E-state index contributed by atoms with van der Waals surface area (Å²) in [5.74, 6) is 1.66. The van der Waals surface area contributed by atoms with E-state index in [1.54, 1.807) is 7.11 Å². The molecule has 76 valence electrons. The van der Waals surface area contributed by atoms with Gasteiger partial charge in [-0.15, -0.1) is 0 Å². The zero-order chi connectivity index (χ0) is 10.1. The molecule has 1 aliphatic heterocycles. The van der Waals surface area contributed by atoms with E-state index in [0.717, 1.165) is 17.9 Å². The van der Waals surface area contributed by atoms with Crippen molar-refractivity contribution in [2.75, 3.05) is 7.11 Å². The van der Waals surface area contributed by atoms with Crippen LogP contribution in [0.5, 0.6) is 11.5 Å². The maximum atomic E-state index is 5.80. The van der Waals surface area contributed by atoms with Crippen molar-refractivity contribution >= 4 is 0 Å². The lowest BCUT2D eigenvalue weighted by Crippen LogP contribution is -2.34. The molecule has 3 nitrogen and oxygen atoms in total. The van der Waals surface area contributed by atoms with Gasteiger partial charge in [0.15, 0.2) is 11.5 Å². The van der Waals surface area contributed by atoms with Gasteiger partial charge >= 0.3 is 0 Å². The fourth-order valence-electron chi connectivity index (χ4n) is 1.72. The maximum Gasteiger partial charge on any atom is 0.164 e. The number of fused-ring (bicyclic) bond motifs is 1. The van der Waals surface area contributed by atoms with Crippen molar-refractivity contribution in [2.24, 2.45) is 5.73 Å². The third kappa shape index (κ3) is 1.44. The van der Waals surface area contributed by atoms with E-state index >= 15 is 0 Å². The number of nitrogens with two attached hydrogens (primary N) is 1. The number of benzene rings is 1. The molecule has 1 aromatic carbocycles. The zero-order valence-corrected chi connectivity index (χ0v) is 8.49. The van der Waals surface area contributed by atoms with Crippen molar-refractivity contribution in [3.05, 3.63) is 23.8 Å². The molecule has 1 heterocycles. The van der Waals surface area contributed by atoms with E-state index in [1.165, 1.54) is 5.56 Å². The van der Waals surface area contributed by atoms with Gasteiger partial charge in [-0.05, 0) is 13.0 Å². The molecule has 0 amide bonds. The number of hydrogen-bond acceptors (Lipinski definition) is 3. The molecule has 1 aliphatic rings. The van der Waals surface area contributed by atoms with E-state index in [4.69, 9.17) is 15.2 Å². The van der Waals surface area contributed by atoms with Crippen molar-refractivity contribution in [1.29, 1.82) is 0 Å². The quantitative estimate of drug-likeness (QED) is 0.771. The molecule has 0 aliphatic carbocycles. The van der Waals surface area contributed by atoms with Gasteiger partial charge in [0.2, 0.25) is 0 Å². The predicted molar refractivity (Wildman–Crippen MR) is 54.8 cm³/mol. The molecular formula is C11H15NO2. The highest BCUT2D eigenvalue weighted by Crippen LogP contribution is 2.37. The van der Waals surface area contributed by atoms with Gasteiger partial charge in [-0.1, -0.05) is 12.1 Å². The fourth-order valence-corrected chi connectivity index (χ4v) is 1.72. The molecule has 3 heteroatoms. The summed E-state index contributed by atoms with van der Waals surface area (Å²) in [6.07, 6.45) is 0.964. The second kappa shape index (κ2) is 3.50.